The van der Waals surface area contributed by atoms with E-state index in [0.29, 0.717) is 0 Å². The Kier molecular flexibility index (Phi) is 2.93. The zero-order valence-electron chi connectivity index (χ0n) is 6.87. The van der Waals surface area contributed by atoms with Crippen LogP contribution in [-0.4, -0.2) is 6.26 Å². The van der Waals surface area contributed by atoms with Gasteiger partial charge in [-0.1, -0.05) is 0 Å². The second-order valence-electron chi connectivity index (χ2n) is 2.58. The maximum absolute atomic E-state index is 4.48. The van der Waals surface area contributed by atoms with Crippen LogP contribution in [0.15, 0.2) is 31.8 Å². The highest BCUT2D eigenvalue weighted by molar-refractivity contribution is 9.10. The van der Waals surface area contributed by atoms with Gasteiger partial charge >= 0.3 is 0 Å². The topological polar surface area (TPSA) is 0 Å². The van der Waals surface area contributed by atoms with Crippen LogP contribution in [0.25, 0.3) is 10.1 Å². The molecule has 0 unspecified atom stereocenters. The molecular weight excluding hydrogens is 284 g/mol. The van der Waals surface area contributed by atoms with Crippen molar-refractivity contribution in [2.45, 2.75) is 9.79 Å². The van der Waals surface area contributed by atoms with Crippen molar-refractivity contribution in [2.75, 3.05) is 6.26 Å². The van der Waals surface area contributed by atoms with Gasteiger partial charge < -0.3 is 0 Å². The van der Waals surface area contributed by atoms with Gasteiger partial charge in [0, 0.05) is 19.0 Å². The van der Waals surface area contributed by atoms with E-state index in [-0.39, 0.29) is 0 Å². The minimum Gasteiger partial charge on any atom is -0.143 e. The van der Waals surface area contributed by atoms with Gasteiger partial charge in [-0.05, 0) is 45.1 Å². The molecule has 13 heavy (non-hydrogen) atoms. The van der Waals surface area contributed by atoms with Gasteiger partial charge in [-0.25, -0.2) is 0 Å². The average molecular weight is 291 g/mol. The van der Waals surface area contributed by atoms with Gasteiger partial charge in [-0.3, -0.25) is 0 Å². The molecule has 0 radical (unpaired) electrons. The van der Waals surface area contributed by atoms with Crippen molar-refractivity contribution in [1.29, 1.82) is 0 Å². The molecule has 0 atom stereocenters. The number of benzene rings is 1. The Morgan fingerprint density at radius 3 is 3.00 bits per heavy atom. The highest BCUT2D eigenvalue weighted by Crippen LogP contribution is 2.39. The molecular formula is C9H7BrS3. The molecule has 2 aromatic rings. The Morgan fingerprint density at radius 2 is 2.31 bits per heavy atom. The lowest BCUT2D eigenvalue weighted by molar-refractivity contribution is 1.27. The first-order valence-electron chi connectivity index (χ1n) is 3.66. The summed E-state index contributed by atoms with van der Waals surface area (Å²) < 4.78 is 2.40. The molecule has 0 saturated carbocycles. The standard InChI is InChI=1S/C9H7BrS3/c1-12-6-4-5-2-3-13-9(5)7(10)8(6)11/h2-4,11H,1H3. The van der Waals surface area contributed by atoms with E-state index in [0.717, 1.165) is 9.37 Å². The second-order valence-corrected chi connectivity index (χ2v) is 5.58. The molecule has 0 aliphatic rings. The van der Waals surface area contributed by atoms with E-state index in [1.807, 2.05) is 0 Å². The van der Waals surface area contributed by atoms with E-state index < -0.39 is 0 Å². The van der Waals surface area contributed by atoms with E-state index in [2.05, 4.69) is 52.3 Å². The van der Waals surface area contributed by atoms with Gasteiger partial charge in [0.2, 0.25) is 0 Å². The van der Waals surface area contributed by atoms with Gasteiger partial charge in [-0.2, -0.15) is 0 Å². The number of thioether (sulfide) groups is 1. The lowest BCUT2D eigenvalue weighted by Gasteiger charge is -2.04. The van der Waals surface area contributed by atoms with Crippen molar-refractivity contribution in [3.05, 3.63) is 22.0 Å². The predicted molar refractivity (Wildman–Crippen MR) is 68.6 cm³/mol. The van der Waals surface area contributed by atoms with Crippen LogP contribution in [0, 0.1) is 0 Å². The fourth-order valence-corrected chi connectivity index (χ4v) is 3.93. The summed E-state index contributed by atoms with van der Waals surface area (Å²) in [5, 5.41) is 3.39. The first kappa shape index (κ1) is 9.90. The minimum absolute atomic E-state index is 1.04. The second kappa shape index (κ2) is 3.85. The summed E-state index contributed by atoms with van der Waals surface area (Å²) in [6.07, 6.45) is 2.07. The van der Waals surface area contributed by atoms with Crippen LogP contribution >= 0.6 is 51.7 Å². The summed E-state index contributed by atoms with van der Waals surface area (Å²) in [4.78, 5) is 2.27. The Bertz CT molecular complexity index is 447. The molecule has 0 aliphatic heterocycles. The summed E-state index contributed by atoms with van der Waals surface area (Å²) in [6, 6.07) is 4.32. The predicted octanol–water partition coefficient (Wildman–Crippen LogP) is 4.67. The molecule has 0 aliphatic carbocycles. The van der Waals surface area contributed by atoms with Crippen molar-refractivity contribution in [1.82, 2.24) is 0 Å². The monoisotopic (exact) mass is 290 g/mol. The summed E-state index contributed by atoms with van der Waals surface area (Å²) in [5.41, 5.74) is 0. The summed E-state index contributed by atoms with van der Waals surface area (Å²) in [5.74, 6) is 0. The highest BCUT2D eigenvalue weighted by Gasteiger charge is 2.08. The maximum atomic E-state index is 4.48. The van der Waals surface area contributed by atoms with Crippen LogP contribution in [0.2, 0.25) is 0 Å². The summed E-state index contributed by atoms with van der Waals surface area (Å²) >= 11 is 11.5. The number of halogens is 1. The van der Waals surface area contributed by atoms with Gasteiger partial charge in [0.25, 0.3) is 0 Å². The van der Waals surface area contributed by atoms with E-state index >= 15 is 0 Å². The first-order chi connectivity index (χ1) is 6.24. The van der Waals surface area contributed by atoms with Gasteiger partial charge in [0.15, 0.2) is 0 Å². The number of hydrogen-bond donors (Lipinski definition) is 1. The normalized spacial score (nSPS) is 11.0. The van der Waals surface area contributed by atoms with Crippen molar-refractivity contribution in [3.63, 3.8) is 0 Å². The molecule has 1 heterocycles. The fraction of sp³-hybridized carbons (Fsp3) is 0.111. The quantitative estimate of drug-likeness (QED) is 0.588. The smallest absolute Gasteiger partial charge is 0.0498 e. The zero-order valence-corrected chi connectivity index (χ0v) is 11.0. The number of hydrogen-bond acceptors (Lipinski definition) is 3. The van der Waals surface area contributed by atoms with Gasteiger partial charge in [-0.15, -0.1) is 35.7 Å². The lowest BCUT2D eigenvalue weighted by atomic mass is 10.3. The first-order valence-corrected chi connectivity index (χ1v) is 7.01. The van der Waals surface area contributed by atoms with E-state index in [1.165, 1.54) is 15.0 Å². The molecule has 0 bridgehead atoms. The third-order valence-corrected chi connectivity index (χ3v) is 5.53. The number of rotatable bonds is 1. The van der Waals surface area contributed by atoms with Crippen LogP contribution < -0.4 is 0 Å². The molecule has 1 aromatic heterocycles. The van der Waals surface area contributed by atoms with Gasteiger partial charge in [0.1, 0.15) is 0 Å². The van der Waals surface area contributed by atoms with E-state index in [1.54, 1.807) is 23.1 Å². The molecule has 1 aromatic carbocycles. The maximum Gasteiger partial charge on any atom is 0.0498 e. The number of fused-ring (bicyclic) bond motifs is 1. The van der Waals surface area contributed by atoms with E-state index in [9.17, 15) is 0 Å². The molecule has 0 amide bonds. The highest BCUT2D eigenvalue weighted by atomic mass is 79.9. The van der Waals surface area contributed by atoms with Crippen LogP contribution in [0.4, 0.5) is 0 Å². The van der Waals surface area contributed by atoms with Crippen LogP contribution in [-0.2, 0) is 0 Å². The van der Waals surface area contributed by atoms with Crippen LogP contribution in [0.5, 0.6) is 0 Å². The fourth-order valence-electron chi connectivity index (χ4n) is 1.19. The molecule has 0 saturated heterocycles. The molecule has 0 fully saturated rings. The zero-order chi connectivity index (χ0) is 9.42. The average Bonchev–Trinajstić information content (AvgIpc) is 2.59. The molecule has 0 N–H and O–H groups in total. The third kappa shape index (κ3) is 1.65. The molecule has 0 spiro atoms. The van der Waals surface area contributed by atoms with Crippen molar-refractivity contribution >= 4 is 61.7 Å². The van der Waals surface area contributed by atoms with Crippen molar-refractivity contribution in [3.8, 4) is 0 Å². The minimum atomic E-state index is 1.04. The Hall–Kier alpha value is 0.360. The van der Waals surface area contributed by atoms with E-state index in [4.69, 9.17) is 0 Å². The molecule has 0 nitrogen and oxygen atoms in total. The largest absolute Gasteiger partial charge is 0.143 e. The Morgan fingerprint density at radius 1 is 1.54 bits per heavy atom. The summed E-state index contributed by atoms with van der Waals surface area (Å²) in [7, 11) is 0. The molecule has 4 heteroatoms. The lowest BCUT2D eigenvalue weighted by Crippen LogP contribution is -1.77. The molecule has 68 valence electrons. The van der Waals surface area contributed by atoms with Gasteiger partial charge in [0.05, 0.1) is 0 Å². The molecule has 2 rings (SSSR count). The van der Waals surface area contributed by atoms with Crippen LogP contribution in [0.1, 0.15) is 0 Å². The third-order valence-electron chi connectivity index (χ3n) is 1.84. The SMILES string of the molecule is CSc1cc2ccsc2c(Br)c1S. The number of thiol groups is 1. The Labute approximate surface area is 99.3 Å². The number of thiophene rings is 1. The summed E-state index contributed by atoms with van der Waals surface area (Å²) in [6.45, 7) is 0. The van der Waals surface area contributed by atoms with Crippen LogP contribution in [0.3, 0.4) is 0 Å². The van der Waals surface area contributed by atoms with Crippen molar-refractivity contribution < 1.29 is 0 Å². The van der Waals surface area contributed by atoms with Crippen molar-refractivity contribution in [2.24, 2.45) is 0 Å². The Balaban J connectivity index is 2.83.